The van der Waals surface area contributed by atoms with Crippen LogP contribution in [0, 0.1) is 5.92 Å². The van der Waals surface area contributed by atoms with Crippen LogP contribution in [-0.2, 0) is 4.74 Å². The Morgan fingerprint density at radius 2 is 2.17 bits per heavy atom. The van der Waals surface area contributed by atoms with E-state index in [1.807, 2.05) is 0 Å². The number of methoxy groups -OCH3 is 1. The topological polar surface area (TPSA) is 107 Å². The highest BCUT2D eigenvalue weighted by atomic mass is 35.5. The molecule has 3 heterocycles. The summed E-state index contributed by atoms with van der Waals surface area (Å²) in [4.78, 5) is 22.9. The molecule has 7 nitrogen and oxygen atoms in total. The van der Waals surface area contributed by atoms with Gasteiger partial charge in [-0.2, -0.15) is 0 Å². The van der Waals surface area contributed by atoms with Crippen LogP contribution in [0.1, 0.15) is 47.8 Å². The average molecular weight is 354 g/mol. The second-order valence-electron chi connectivity index (χ2n) is 6.67. The first kappa shape index (κ1) is 17.4. The zero-order chi connectivity index (χ0) is 17.3. The largest absolute Gasteiger partial charge is 0.465 e. The zero-order valence-corrected chi connectivity index (χ0v) is 14.6. The molecule has 1 aromatic rings. The molecule has 132 valence electrons. The Morgan fingerprint density at radius 1 is 1.38 bits per heavy atom. The second kappa shape index (κ2) is 7.21. The van der Waals surface area contributed by atoms with Crippen LogP contribution in [0.5, 0.6) is 0 Å². The summed E-state index contributed by atoms with van der Waals surface area (Å²) in [7, 11) is 1.28. The number of fused-ring (bicyclic) bond motifs is 1. The van der Waals surface area contributed by atoms with Gasteiger partial charge in [0.15, 0.2) is 0 Å². The van der Waals surface area contributed by atoms with Gasteiger partial charge in [-0.15, -0.1) is 0 Å². The van der Waals surface area contributed by atoms with Gasteiger partial charge in [0.05, 0.1) is 7.11 Å². The van der Waals surface area contributed by atoms with E-state index in [9.17, 15) is 4.79 Å². The summed E-state index contributed by atoms with van der Waals surface area (Å²) in [6.07, 6.45) is 4.28. The first-order valence-corrected chi connectivity index (χ1v) is 8.76. The summed E-state index contributed by atoms with van der Waals surface area (Å²) < 4.78 is 4.67. The minimum atomic E-state index is -0.612. The number of nitrogen functional groups attached to an aromatic ring is 1. The average Bonchev–Trinajstić information content (AvgIpc) is 2.59. The predicted octanol–water partition coefficient (Wildman–Crippen LogP) is 1.42. The fourth-order valence-electron chi connectivity index (χ4n) is 3.86. The predicted molar refractivity (Wildman–Crippen MR) is 91.9 cm³/mol. The van der Waals surface area contributed by atoms with Crippen LogP contribution in [-0.4, -0.2) is 53.6 Å². The molecule has 0 aromatic carbocycles. The highest BCUT2D eigenvalue weighted by Crippen LogP contribution is 2.36. The molecule has 3 atom stereocenters. The Morgan fingerprint density at radius 3 is 2.83 bits per heavy atom. The van der Waals surface area contributed by atoms with Crippen LogP contribution < -0.4 is 11.5 Å². The third-order valence-corrected chi connectivity index (χ3v) is 5.51. The molecule has 0 radical (unpaired) electrons. The zero-order valence-electron chi connectivity index (χ0n) is 13.9. The fraction of sp³-hybridized carbons (Fsp3) is 0.688. The Balaban J connectivity index is 1.75. The number of carbonyl (C=O) groups excluding carboxylic acids is 1. The van der Waals surface area contributed by atoms with Gasteiger partial charge in [0.2, 0.25) is 0 Å². The normalized spacial score (nSPS) is 27.5. The van der Waals surface area contributed by atoms with E-state index >= 15 is 0 Å². The van der Waals surface area contributed by atoms with Gasteiger partial charge >= 0.3 is 5.97 Å². The van der Waals surface area contributed by atoms with Crippen LogP contribution in [0.25, 0.3) is 0 Å². The molecule has 0 saturated carbocycles. The SMILES string of the molecule is COC(=O)c1c(N)nc(C2CCN3C[C@@H](CN)CC[C@H]3C2)nc1Cl. The monoisotopic (exact) mass is 353 g/mol. The molecule has 0 spiro atoms. The minimum Gasteiger partial charge on any atom is -0.465 e. The third-order valence-electron chi connectivity index (χ3n) is 5.24. The summed E-state index contributed by atoms with van der Waals surface area (Å²) in [5, 5.41) is 0.0682. The van der Waals surface area contributed by atoms with Crippen molar-refractivity contribution in [1.82, 2.24) is 14.9 Å². The van der Waals surface area contributed by atoms with Gasteiger partial charge < -0.3 is 21.1 Å². The van der Waals surface area contributed by atoms with Crippen molar-refractivity contribution in [1.29, 1.82) is 0 Å². The van der Waals surface area contributed by atoms with Crippen LogP contribution in [0.3, 0.4) is 0 Å². The minimum absolute atomic E-state index is 0.0452. The number of ether oxygens (including phenoxy) is 1. The van der Waals surface area contributed by atoms with Crippen LogP contribution >= 0.6 is 11.6 Å². The van der Waals surface area contributed by atoms with Crippen molar-refractivity contribution in [2.24, 2.45) is 11.7 Å². The number of aromatic nitrogens is 2. The number of nitrogens with two attached hydrogens (primary N) is 2. The van der Waals surface area contributed by atoms with Crippen LogP contribution in [0.15, 0.2) is 0 Å². The molecule has 0 aliphatic carbocycles. The molecule has 8 heteroatoms. The number of hydrogen-bond acceptors (Lipinski definition) is 7. The lowest BCUT2D eigenvalue weighted by molar-refractivity contribution is 0.0600. The van der Waals surface area contributed by atoms with Crippen molar-refractivity contribution in [3.05, 3.63) is 16.5 Å². The van der Waals surface area contributed by atoms with E-state index in [1.54, 1.807) is 0 Å². The quantitative estimate of drug-likeness (QED) is 0.624. The van der Waals surface area contributed by atoms with Gasteiger partial charge in [-0.3, -0.25) is 0 Å². The Labute approximate surface area is 146 Å². The third kappa shape index (κ3) is 3.34. The van der Waals surface area contributed by atoms with Crippen molar-refractivity contribution in [3.63, 3.8) is 0 Å². The molecule has 0 bridgehead atoms. The smallest absolute Gasteiger partial charge is 0.344 e. The van der Waals surface area contributed by atoms with Crippen molar-refractivity contribution >= 4 is 23.4 Å². The second-order valence-corrected chi connectivity index (χ2v) is 7.03. The molecule has 2 aliphatic heterocycles. The van der Waals surface area contributed by atoms with E-state index in [-0.39, 0.29) is 22.5 Å². The van der Waals surface area contributed by atoms with Gasteiger partial charge in [0, 0.05) is 18.5 Å². The van der Waals surface area contributed by atoms with E-state index in [2.05, 4.69) is 19.6 Å². The standard InChI is InChI=1S/C16H24ClN5O2/c1-24-16(23)12-13(17)20-15(21-14(12)19)10-4-5-22-8-9(7-18)2-3-11(22)6-10/h9-11H,2-8,18H2,1H3,(H2,19,20,21)/t9-,10?,11+/m1/s1. The maximum atomic E-state index is 11.7. The van der Waals surface area contributed by atoms with Crippen molar-refractivity contribution in [2.45, 2.75) is 37.6 Å². The summed E-state index contributed by atoms with van der Waals surface area (Å²) in [6, 6.07) is 0.537. The number of piperidine rings is 2. The number of carbonyl (C=O) groups is 1. The maximum absolute atomic E-state index is 11.7. The molecule has 3 rings (SSSR count). The van der Waals surface area contributed by atoms with Crippen LogP contribution in [0.4, 0.5) is 5.82 Å². The molecular weight excluding hydrogens is 330 g/mol. The molecule has 0 amide bonds. The summed E-state index contributed by atoms with van der Waals surface area (Å²) >= 11 is 6.15. The molecule has 2 fully saturated rings. The number of rotatable bonds is 3. The molecular formula is C16H24ClN5O2. The van der Waals surface area contributed by atoms with E-state index < -0.39 is 5.97 Å². The van der Waals surface area contributed by atoms with E-state index in [0.717, 1.165) is 38.9 Å². The first-order chi connectivity index (χ1) is 11.5. The van der Waals surface area contributed by atoms with Crippen LogP contribution in [0.2, 0.25) is 5.15 Å². The summed E-state index contributed by atoms with van der Waals surface area (Å²) in [5.41, 5.74) is 11.8. The molecule has 4 N–H and O–H groups in total. The number of nitrogens with zero attached hydrogens (tertiary/aromatic N) is 3. The van der Waals surface area contributed by atoms with Crippen molar-refractivity contribution in [3.8, 4) is 0 Å². The van der Waals surface area contributed by atoms with Gasteiger partial charge in [0.25, 0.3) is 0 Å². The number of esters is 1. The number of halogens is 1. The highest BCUT2D eigenvalue weighted by Gasteiger charge is 2.35. The van der Waals surface area contributed by atoms with Crippen molar-refractivity contribution < 1.29 is 9.53 Å². The van der Waals surface area contributed by atoms with E-state index in [1.165, 1.54) is 13.5 Å². The maximum Gasteiger partial charge on any atom is 0.344 e. The fourth-order valence-corrected chi connectivity index (χ4v) is 4.12. The van der Waals surface area contributed by atoms with Gasteiger partial charge in [-0.05, 0) is 44.7 Å². The Kier molecular flexibility index (Phi) is 5.22. The molecule has 1 aromatic heterocycles. The van der Waals surface area contributed by atoms with Crippen molar-refractivity contribution in [2.75, 3.05) is 32.5 Å². The van der Waals surface area contributed by atoms with Gasteiger partial charge in [0.1, 0.15) is 22.4 Å². The number of anilines is 1. The Bertz CT molecular complexity index is 603. The number of hydrogen-bond donors (Lipinski definition) is 2. The summed E-state index contributed by atoms with van der Waals surface area (Å²) in [5.74, 6) is 0.932. The lowest BCUT2D eigenvalue weighted by atomic mass is 9.82. The van der Waals surface area contributed by atoms with Gasteiger partial charge in [-0.25, -0.2) is 14.8 Å². The van der Waals surface area contributed by atoms with E-state index in [0.29, 0.717) is 17.8 Å². The first-order valence-electron chi connectivity index (χ1n) is 8.38. The molecule has 1 unspecified atom stereocenters. The highest BCUT2D eigenvalue weighted by molar-refractivity contribution is 6.33. The Hall–Kier alpha value is -1.44. The molecule has 2 saturated heterocycles. The summed E-state index contributed by atoms with van der Waals surface area (Å²) in [6.45, 7) is 2.85. The lowest BCUT2D eigenvalue weighted by Crippen LogP contribution is -2.49. The molecule has 2 aliphatic rings. The lowest BCUT2D eigenvalue weighted by Gasteiger charge is -2.44. The van der Waals surface area contributed by atoms with E-state index in [4.69, 9.17) is 23.1 Å². The molecule has 24 heavy (non-hydrogen) atoms. The van der Waals surface area contributed by atoms with Gasteiger partial charge in [-0.1, -0.05) is 11.6 Å².